The second-order valence-electron chi connectivity index (χ2n) is 9.84. The number of imidazole rings is 1. The van der Waals surface area contributed by atoms with Crippen LogP contribution in [0.25, 0.3) is 10.1 Å². The Labute approximate surface area is 255 Å². The average molecular weight is 625 g/mol. The standard InChI is InChI=1S/C31H24N6O5S2/c32-15-21-6-8-22(9-7-21)18-36-20-33-16-25(36)19-37(44(40,41)27-4-2-1-3-5-27)24-10-11-28-23(12-24)13-29(43-28)31(39)34-17-26-14-30(38)35-42-26/h1-14,16,20H,17-19H2,(H,34,39)(H,35,38). The maximum Gasteiger partial charge on any atom is 0.280 e. The summed E-state index contributed by atoms with van der Waals surface area (Å²) >= 11 is 1.27. The van der Waals surface area contributed by atoms with Crippen molar-refractivity contribution in [1.82, 2.24) is 20.0 Å². The number of H-pyrrole nitrogens is 1. The predicted molar refractivity (Wildman–Crippen MR) is 165 cm³/mol. The first-order valence-corrected chi connectivity index (χ1v) is 15.6. The number of aromatic nitrogens is 3. The molecule has 0 saturated heterocycles. The highest BCUT2D eigenvalue weighted by Crippen LogP contribution is 2.33. The number of thiophene rings is 1. The zero-order chi connectivity index (χ0) is 30.7. The third-order valence-electron chi connectivity index (χ3n) is 6.88. The Morgan fingerprint density at radius 1 is 1.07 bits per heavy atom. The summed E-state index contributed by atoms with van der Waals surface area (Å²) in [6.45, 7) is 0.475. The van der Waals surface area contributed by atoms with E-state index in [9.17, 15) is 18.0 Å². The van der Waals surface area contributed by atoms with Crippen LogP contribution in [-0.2, 0) is 29.7 Å². The lowest BCUT2D eigenvalue weighted by atomic mass is 10.1. The number of fused-ring (bicyclic) bond motifs is 1. The van der Waals surface area contributed by atoms with Gasteiger partial charge in [0.05, 0.1) is 52.2 Å². The molecule has 0 fully saturated rings. The molecule has 0 aliphatic heterocycles. The van der Waals surface area contributed by atoms with E-state index in [0.717, 1.165) is 10.3 Å². The van der Waals surface area contributed by atoms with Gasteiger partial charge in [0.1, 0.15) is 0 Å². The summed E-state index contributed by atoms with van der Waals surface area (Å²) < 4.78 is 37.1. The van der Waals surface area contributed by atoms with E-state index < -0.39 is 15.6 Å². The van der Waals surface area contributed by atoms with Gasteiger partial charge in [-0.25, -0.2) is 13.4 Å². The fraction of sp³-hybridized carbons (Fsp3) is 0.0968. The van der Waals surface area contributed by atoms with Gasteiger partial charge in [0.15, 0.2) is 5.76 Å². The zero-order valence-corrected chi connectivity index (χ0v) is 24.6. The van der Waals surface area contributed by atoms with E-state index in [1.165, 1.54) is 21.7 Å². The number of rotatable bonds is 10. The fourth-order valence-electron chi connectivity index (χ4n) is 4.65. The van der Waals surface area contributed by atoms with E-state index in [1.54, 1.807) is 79.3 Å². The van der Waals surface area contributed by atoms with Crippen LogP contribution in [0.15, 0.2) is 112 Å². The van der Waals surface area contributed by atoms with E-state index in [4.69, 9.17) is 9.78 Å². The van der Waals surface area contributed by atoms with Crippen LogP contribution in [0.3, 0.4) is 0 Å². The molecule has 0 spiro atoms. The lowest BCUT2D eigenvalue weighted by Gasteiger charge is -2.25. The molecule has 0 aliphatic carbocycles. The number of sulfonamides is 1. The lowest BCUT2D eigenvalue weighted by molar-refractivity contribution is 0.0951. The van der Waals surface area contributed by atoms with Crippen molar-refractivity contribution in [3.8, 4) is 6.07 Å². The molecular formula is C31H24N6O5S2. The minimum atomic E-state index is -4.00. The number of hydrogen-bond acceptors (Lipinski definition) is 8. The van der Waals surface area contributed by atoms with Crippen molar-refractivity contribution in [3.63, 3.8) is 0 Å². The number of amides is 1. The van der Waals surface area contributed by atoms with E-state index in [2.05, 4.69) is 21.5 Å². The molecule has 0 saturated carbocycles. The van der Waals surface area contributed by atoms with Crippen molar-refractivity contribution in [2.24, 2.45) is 0 Å². The summed E-state index contributed by atoms with van der Waals surface area (Å²) in [5, 5.41) is 14.7. The van der Waals surface area contributed by atoms with Gasteiger partial charge in [-0.1, -0.05) is 30.3 Å². The average Bonchev–Trinajstić information content (AvgIpc) is 3.79. The number of benzene rings is 3. The predicted octanol–water partition coefficient (Wildman–Crippen LogP) is 4.62. The normalized spacial score (nSPS) is 11.3. The summed E-state index contributed by atoms with van der Waals surface area (Å²) in [6.07, 6.45) is 3.28. The van der Waals surface area contributed by atoms with Crippen molar-refractivity contribution >= 4 is 43.0 Å². The highest BCUT2D eigenvalue weighted by molar-refractivity contribution is 7.92. The number of nitrogens with zero attached hydrogens (tertiary/aromatic N) is 4. The topological polar surface area (TPSA) is 154 Å². The number of nitrogens with one attached hydrogen (secondary N) is 2. The molecule has 2 N–H and O–H groups in total. The SMILES string of the molecule is N#Cc1ccc(Cn2cncc2CN(c2ccc3sc(C(=O)NCc4cc(=O)[nH]o4)cc3c2)S(=O)(=O)c2ccccc2)cc1. The van der Waals surface area contributed by atoms with Crippen molar-refractivity contribution < 1.29 is 17.7 Å². The summed E-state index contributed by atoms with van der Waals surface area (Å²) in [7, 11) is -4.00. The molecule has 0 atom stereocenters. The van der Waals surface area contributed by atoms with E-state index in [0.29, 0.717) is 39.5 Å². The third kappa shape index (κ3) is 6.03. The summed E-state index contributed by atoms with van der Waals surface area (Å²) in [6, 6.07) is 25.7. The molecule has 3 aromatic heterocycles. The molecule has 6 aromatic rings. The molecule has 13 heteroatoms. The molecule has 11 nitrogen and oxygen atoms in total. The van der Waals surface area contributed by atoms with Gasteiger partial charge >= 0.3 is 0 Å². The minimum absolute atomic E-state index is 0.00163. The second-order valence-corrected chi connectivity index (χ2v) is 12.8. The number of anilines is 1. The van der Waals surface area contributed by atoms with Crippen LogP contribution < -0.4 is 15.2 Å². The molecule has 1 amide bonds. The Kier molecular flexibility index (Phi) is 7.84. The molecule has 0 bridgehead atoms. The van der Waals surface area contributed by atoms with Gasteiger partial charge in [-0.05, 0) is 59.5 Å². The van der Waals surface area contributed by atoms with Gasteiger partial charge in [-0.2, -0.15) is 10.4 Å². The number of carbonyl (C=O) groups excluding carboxylic acids is 1. The third-order valence-corrected chi connectivity index (χ3v) is 9.78. The van der Waals surface area contributed by atoms with Crippen LogP contribution in [0, 0.1) is 11.3 Å². The summed E-state index contributed by atoms with van der Waals surface area (Å²) in [5.74, 6) is -0.0519. The maximum atomic E-state index is 14.0. The van der Waals surface area contributed by atoms with Crippen molar-refractivity contribution in [1.29, 1.82) is 5.26 Å². The molecule has 6 rings (SSSR count). The number of aromatic amines is 1. The Morgan fingerprint density at radius 3 is 2.59 bits per heavy atom. The van der Waals surface area contributed by atoms with Gasteiger partial charge in [0, 0.05) is 23.5 Å². The molecule has 3 aromatic carbocycles. The lowest BCUT2D eigenvalue weighted by Crippen LogP contribution is -2.31. The van der Waals surface area contributed by atoms with Crippen LogP contribution in [0.1, 0.15) is 32.3 Å². The molecule has 0 unspecified atom stereocenters. The number of carbonyl (C=O) groups is 1. The van der Waals surface area contributed by atoms with Crippen molar-refractivity contribution in [3.05, 3.63) is 135 Å². The van der Waals surface area contributed by atoms with E-state index >= 15 is 0 Å². The summed E-state index contributed by atoms with van der Waals surface area (Å²) in [4.78, 5) is 29.0. The van der Waals surface area contributed by atoms with Crippen molar-refractivity contribution in [2.75, 3.05) is 4.31 Å². The van der Waals surface area contributed by atoms with Gasteiger partial charge in [-0.3, -0.25) is 13.9 Å². The monoisotopic (exact) mass is 624 g/mol. The van der Waals surface area contributed by atoms with Crippen LogP contribution in [0.2, 0.25) is 0 Å². The van der Waals surface area contributed by atoms with Crippen LogP contribution in [-0.4, -0.2) is 29.0 Å². The quantitative estimate of drug-likeness (QED) is 0.225. The largest absolute Gasteiger partial charge is 0.382 e. The Balaban J connectivity index is 1.31. The molecule has 0 radical (unpaired) electrons. The smallest absolute Gasteiger partial charge is 0.280 e. The molecule has 220 valence electrons. The zero-order valence-electron chi connectivity index (χ0n) is 23.0. The van der Waals surface area contributed by atoms with Crippen LogP contribution in [0.4, 0.5) is 5.69 Å². The second kappa shape index (κ2) is 12.0. The number of nitriles is 1. The highest BCUT2D eigenvalue weighted by Gasteiger charge is 2.27. The first-order valence-electron chi connectivity index (χ1n) is 13.4. The number of hydrogen-bond donors (Lipinski definition) is 2. The molecule has 44 heavy (non-hydrogen) atoms. The van der Waals surface area contributed by atoms with Crippen LogP contribution >= 0.6 is 11.3 Å². The van der Waals surface area contributed by atoms with Gasteiger partial charge < -0.3 is 14.4 Å². The van der Waals surface area contributed by atoms with Gasteiger partial charge in [-0.15, -0.1) is 11.3 Å². The molecule has 3 heterocycles. The molecular weight excluding hydrogens is 601 g/mol. The minimum Gasteiger partial charge on any atom is -0.382 e. The first kappa shape index (κ1) is 28.7. The van der Waals surface area contributed by atoms with Gasteiger partial charge in [0.2, 0.25) is 0 Å². The van der Waals surface area contributed by atoms with Gasteiger partial charge in [0.25, 0.3) is 21.5 Å². The Bertz CT molecular complexity index is 2160. The fourth-order valence-corrected chi connectivity index (χ4v) is 7.05. The van der Waals surface area contributed by atoms with Crippen molar-refractivity contribution in [2.45, 2.75) is 24.5 Å². The Morgan fingerprint density at radius 2 is 1.86 bits per heavy atom. The maximum absolute atomic E-state index is 14.0. The summed E-state index contributed by atoms with van der Waals surface area (Å²) in [5.41, 5.74) is 2.18. The molecule has 0 aliphatic rings. The van der Waals surface area contributed by atoms with E-state index in [-0.39, 0.29) is 23.9 Å². The van der Waals surface area contributed by atoms with Crippen LogP contribution in [0.5, 0.6) is 0 Å². The first-order chi connectivity index (χ1) is 21.3. The Hall–Kier alpha value is -5.45. The van der Waals surface area contributed by atoms with E-state index in [1.807, 2.05) is 16.7 Å². The highest BCUT2D eigenvalue weighted by atomic mass is 32.2.